The van der Waals surface area contributed by atoms with Crippen molar-refractivity contribution in [2.24, 2.45) is 0 Å². The van der Waals surface area contributed by atoms with Crippen LogP contribution in [0.2, 0.25) is 0 Å². The van der Waals surface area contributed by atoms with Crippen molar-refractivity contribution in [3.63, 3.8) is 0 Å². The van der Waals surface area contributed by atoms with Crippen molar-refractivity contribution >= 4 is 59.2 Å². The van der Waals surface area contributed by atoms with Crippen LogP contribution < -0.4 is 14.3 Å². The number of carbonyl (C=O) groups excluding carboxylic acids is 1. The summed E-state index contributed by atoms with van der Waals surface area (Å²) in [7, 11) is -7.69. The van der Waals surface area contributed by atoms with Gasteiger partial charge in [-0.15, -0.1) is 0 Å². The molecule has 2 N–H and O–H groups in total. The van der Waals surface area contributed by atoms with Crippen molar-refractivity contribution in [3.8, 4) is 0 Å². The van der Waals surface area contributed by atoms with E-state index in [1.54, 1.807) is 38.1 Å². The molecule has 0 unspecified atom stereocenters. The number of carbonyl (C=O) groups is 1. The summed E-state index contributed by atoms with van der Waals surface area (Å²) in [5.74, 6) is -0.628. The molecule has 0 spiro atoms. The van der Waals surface area contributed by atoms with Crippen molar-refractivity contribution in [3.05, 3.63) is 70.0 Å². The molecule has 1 heterocycles. The van der Waals surface area contributed by atoms with Crippen LogP contribution in [0.3, 0.4) is 0 Å². The van der Waals surface area contributed by atoms with Crippen molar-refractivity contribution in [2.75, 3.05) is 27.1 Å². The molecule has 35 heavy (non-hydrogen) atoms. The summed E-state index contributed by atoms with van der Waals surface area (Å²) in [6, 6.07) is 12.1. The van der Waals surface area contributed by atoms with Crippen molar-refractivity contribution in [1.82, 2.24) is 9.97 Å². The first-order chi connectivity index (χ1) is 16.2. The van der Waals surface area contributed by atoms with Gasteiger partial charge in [0.15, 0.2) is 0 Å². The Bertz CT molecular complexity index is 1460. The number of benzene rings is 2. The third kappa shape index (κ3) is 6.99. The molecule has 0 aliphatic carbocycles. The molecule has 10 nitrogen and oxygen atoms in total. The second kappa shape index (κ2) is 10.3. The first kappa shape index (κ1) is 26.6. The lowest BCUT2D eigenvalue weighted by atomic mass is 10.2. The average molecular weight is 583 g/mol. The molecule has 0 atom stereocenters. The lowest BCUT2D eigenvalue weighted by Crippen LogP contribution is -2.37. The van der Waals surface area contributed by atoms with Gasteiger partial charge in [-0.05, 0) is 74.9 Å². The van der Waals surface area contributed by atoms with Gasteiger partial charge in [0.25, 0.3) is 10.0 Å². The Morgan fingerprint density at radius 1 is 0.943 bits per heavy atom. The van der Waals surface area contributed by atoms with E-state index in [0.717, 1.165) is 20.6 Å². The molecule has 0 saturated carbocycles. The Hall–Kier alpha value is -3.03. The second-order valence-electron chi connectivity index (χ2n) is 7.86. The van der Waals surface area contributed by atoms with Gasteiger partial charge < -0.3 is 5.32 Å². The molecule has 0 bridgehead atoms. The number of nitrogens with zero attached hydrogens (tertiary/aromatic N) is 3. The summed E-state index contributed by atoms with van der Waals surface area (Å²) in [6.45, 7) is 4.82. The number of rotatable bonds is 8. The number of sulfonamides is 2. The van der Waals surface area contributed by atoms with Crippen LogP contribution in [0.1, 0.15) is 17.0 Å². The highest BCUT2D eigenvalue weighted by atomic mass is 79.9. The summed E-state index contributed by atoms with van der Waals surface area (Å²) >= 11 is 3.37. The highest BCUT2D eigenvalue weighted by Gasteiger charge is 2.22. The zero-order chi connectivity index (χ0) is 26.0. The van der Waals surface area contributed by atoms with Crippen LogP contribution in [0.15, 0.2) is 57.9 Å². The Morgan fingerprint density at radius 3 is 2.09 bits per heavy atom. The molecule has 186 valence electrons. The van der Waals surface area contributed by atoms with E-state index in [-0.39, 0.29) is 10.8 Å². The normalized spacial score (nSPS) is 11.7. The van der Waals surface area contributed by atoms with E-state index in [4.69, 9.17) is 0 Å². The molecule has 1 aromatic heterocycles. The van der Waals surface area contributed by atoms with E-state index in [1.165, 1.54) is 24.3 Å². The van der Waals surface area contributed by atoms with Gasteiger partial charge in [0.2, 0.25) is 21.9 Å². The monoisotopic (exact) mass is 581 g/mol. The van der Waals surface area contributed by atoms with Crippen LogP contribution in [0.4, 0.5) is 17.3 Å². The SMILES string of the molecule is Cc1cc(C)nc(NS(=O)(=O)c2ccc(NC(=O)CN(c3ccc(Br)c(C)c3)S(C)(=O)=O)cc2)n1. The second-order valence-corrected chi connectivity index (χ2v) is 12.3. The minimum atomic E-state index is -3.95. The first-order valence-corrected chi connectivity index (χ1v) is 14.4. The topological polar surface area (TPSA) is 138 Å². The molecule has 0 aliphatic rings. The third-order valence-electron chi connectivity index (χ3n) is 4.77. The summed E-state index contributed by atoms with van der Waals surface area (Å²) in [6.07, 6.45) is 1.02. The summed E-state index contributed by atoms with van der Waals surface area (Å²) < 4.78 is 54.1. The summed E-state index contributed by atoms with van der Waals surface area (Å²) in [5.41, 5.74) is 2.71. The maximum absolute atomic E-state index is 12.7. The molecule has 13 heteroatoms. The molecule has 3 rings (SSSR count). The van der Waals surface area contributed by atoms with Crippen molar-refractivity contribution < 1.29 is 21.6 Å². The first-order valence-electron chi connectivity index (χ1n) is 10.2. The number of hydrogen-bond donors (Lipinski definition) is 2. The molecule has 1 amide bonds. The lowest BCUT2D eigenvalue weighted by Gasteiger charge is -2.22. The number of hydrogen-bond acceptors (Lipinski definition) is 7. The van der Waals surface area contributed by atoms with Gasteiger partial charge in [0, 0.05) is 21.5 Å². The van der Waals surface area contributed by atoms with E-state index in [2.05, 4.69) is 35.9 Å². The van der Waals surface area contributed by atoms with E-state index in [1.807, 2.05) is 6.92 Å². The maximum atomic E-state index is 12.7. The smallest absolute Gasteiger partial charge is 0.264 e. The minimum absolute atomic E-state index is 0.0380. The van der Waals surface area contributed by atoms with Gasteiger partial charge in [0.1, 0.15) is 6.54 Å². The average Bonchev–Trinajstić information content (AvgIpc) is 2.72. The zero-order valence-electron chi connectivity index (χ0n) is 19.4. The predicted octanol–water partition coefficient (Wildman–Crippen LogP) is 3.37. The van der Waals surface area contributed by atoms with Crippen LogP contribution in [0.5, 0.6) is 0 Å². The van der Waals surface area contributed by atoms with Crippen LogP contribution in [-0.4, -0.2) is 45.5 Å². The Kier molecular flexibility index (Phi) is 7.82. The van der Waals surface area contributed by atoms with E-state index in [9.17, 15) is 21.6 Å². The number of aryl methyl sites for hydroxylation is 3. The largest absolute Gasteiger partial charge is 0.325 e. The third-order valence-corrected chi connectivity index (χ3v) is 8.15. The lowest BCUT2D eigenvalue weighted by molar-refractivity contribution is -0.114. The van der Waals surface area contributed by atoms with Gasteiger partial charge >= 0.3 is 0 Å². The molecule has 3 aromatic rings. The van der Waals surface area contributed by atoms with Crippen LogP contribution >= 0.6 is 15.9 Å². The molecular formula is C22H24BrN5O5S2. The zero-order valence-corrected chi connectivity index (χ0v) is 22.6. The Labute approximate surface area is 213 Å². The van der Waals surface area contributed by atoms with Crippen molar-refractivity contribution in [2.45, 2.75) is 25.7 Å². The van der Waals surface area contributed by atoms with Gasteiger partial charge in [-0.2, -0.15) is 0 Å². The molecule has 0 aliphatic heterocycles. The van der Waals surface area contributed by atoms with Gasteiger partial charge in [-0.3, -0.25) is 9.10 Å². The molecule has 0 fully saturated rings. The van der Waals surface area contributed by atoms with Crippen molar-refractivity contribution in [1.29, 1.82) is 0 Å². The number of nitrogens with one attached hydrogen (secondary N) is 2. The van der Waals surface area contributed by atoms with E-state index in [0.29, 0.717) is 22.8 Å². The number of halogens is 1. The summed E-state index contributed by atoms with van der Waals surface area (Å²) in [4.78, 5) is 20.7. The number of amides is 1. The van der Waals surface area contributed by atoms with Gasteiger partial charge in [0.05, 0.1) is 16.8 Å². The fourth-order valence-electron chi connectivity index (χ4n) is 3.18. The number of anilines is 3. The van der Waals surface area contributed by atoms with Crippen LogP contribution in [0, 0.1) is 20.8 Å². The van der Waals surface area contributed by atoms with Gasteiger partial charge in [-0.1, -0.05) is 15.9 Å². The molecule has 0 radical (unpaired) electrons. The maximum Gasteiger partial charge on any atom is 0.264 e. The minimum Gasteiger partial charge on any atom is -0.325 e. The Balaban J connectivity index is 1.73. The predicted molar refractivity (Wildman–Crippen MR) is 138 cm³/mol. The molecular weight excluding hydrogens is 558 g/mol. The standard InChI is InChI=1S/C22H24BrN5O5S2/c1-14-11-18(7-10-20(14)23)28(34(4,30)31)13-21(29)26-17-5-8-19(9-6-17)35(32,33)27-22-24-15(2)12-16(3)25-22/h5-12H,13H2,1-4H3,(H,26,29)(H,24,25,27). The van der Waals surface area contributed by atoms with Gasteiger partial charge in [-0.25, -0.2) is 31.5 Å². The fraction of sp³-hybridized carbons (Fsp3) is 0.227. The van der Waals surface area contributed by atoms with E-state index >= 15 is 0 Å². The van der Waals surface area contributed by atoms with Crippen LogP contribution in [-0.2, 0) is 24.8 Å². The number of aromatic nitrogens is 2. The Morgan fingerprint density at radius 2 is 1.54 bits per heavy atom. The van der Waals surface area contributed by atoms with Crippen LogP contribution in [0.25, 0.3) is 0 Å². The highest BCUT2D eigenvalue weighted by Crippen LogP contribution is 2.25. The molecule has 0 saturated heterocycles. The van der Waals surface area contributed by atoms with E-state index < -0.39 is 32.5 Å². The quantitative estimate of drug-likeness (QED) is 0.415. The summed E-state index contributed by atoms with van der Waals surface area (Å²) in [5, 5.41) is 2.59. The highest BCUT2D eigenvalue weighted by molar-refractivity contribution is 9.10. The molecule has 2 aromatic carbocycles. The fourth-order valence-corrected chi connectivity index (χ4v) is 5.22.